The van der Waals surface area contributed by atoms with E-state index in [0.29, 0.717) is 6.41 Å². The molecule has 5 heteroatoms. The van der Waals surface area contributed by atoms with Crippen molar-refractivity contribution in [2.75, 3.05) is 6.61 Å². The Morgan fingerprint density at radius 3 is 2.69 bits per heavy atom. The Morgan fingerprint density at radius 1 is 1.56 bits per heavy atom. The van der Waals surface area contributed by atoms with Crippen LogP contribution >= 0.6 is 0 Å². The van der Waals surface area contributed by atoms with Gasteiger partial charge in [-0.3, -0.25) is 4.79 Å². The molecule has 1 aliphatic carbocycles. The van der Waals surface area contributed by atoms with Crippen molar-refractivity contribution in [2.24, 2.45) is 5.92 Å². The molecule has 2 N–H and O–H groups in total. The Morgan fingerprint density at radius 2 is 2.19 bits per heavy atom. The monoisotopic (exact) mass is 229 g/mol. The molecule has 0 aromatic rings. The lowest BCUT2D eigenvalue weighted by molar-refractivity contribution is -0.150. The van der Waals surface area contributed by atoms with Gasteiger partial charge in [0.25, 0.3) is 0 Å². The van der Waals surface area contributed by atoms with Gasteiger partial charge in [0.05, 0.1) is 12.7 Å². The van der Waals surface area contributed by atoms with Crippen LogP contribution in [0.5, 0.6) is 0 Å². The topological polar surface area (TPSA) is 75.6 Å². The molecule has 1 aliphatic rings. The molecule has 0 spiro atoms. The molecule has 0 radical (unpaired) electrons. The second kappa shape index (κ2) is 6.48. The summed E-state index contributed by atoms with van der Waals surface area (Å²) in [6.07, 6.45) is 3.53. The van der Waals surface area contributed by atoms with Gasteiger partial charge in [0, 0.05) is 0 Å². The zero-order chi connectivity index (χ0) is 12.0. The number of aliphatic hydroxyl groups excluding tert-OH is 1. The summed E-state index contributed by atoms with van der Waals surface area (Å²) in [5, 5.41) is 12.4. The first-order valence-corrected chi connectivity index (χ1v) is 5.75. The fourth-order valence-electron chi connectivity index (χ4n) is 2.18. The molecule has 0 saturated heterocycles. The van der Waals surface area contributed by atoms with Gasteiger partial charge >= 0.3 is 5.97 Å². The van der Waals surface area contributed by atoms with E-state index >= 15 is 0 Å². The van der Waals surface area contributed by atoms with E-state index < -0.39 is 18.1 Å². The molecule has 92 valence electrons. The van der Waals surface area contributed by atoms with E-state index in [1.807, 2.05) is 0 Å². The number of amides is 1. The summed E-state index contributed by atoms with van der Waals surface area (Å²) in [5.41, 5.74) is 0. The molecule has 0 aliphatic heterocycles. The lowest BCUT2D eigenvalue weighted by Crippen LogP contribution is -2.49. The van der Waals surface area contributed by atoms with Crippen LogP contribution in [0.4, 0.5) is 0 Å². The van der Waals surface area contributed by atoms with Gasteiger partial charge in [-0.15, -0.1) is 0 Å². The highest BCUT2D eigenvalue weighted by Gasteiger charge is 2.34. The standard InChI is InChI=1S/C11H19NO4/c1-2-16-11(15)9(12-7-13)10(14)8-5-3-4-6-8/h7-10,14H,2-6H2,1H3,(H,12,13). The second-order valence-corrected chi connectivity index (χ2v) is 4.05. The van der Waals surface area contributed by atoms with E-state index in [1.54, 1.807) is 6.92 Å². The molecule has 1 rings (SSSR count). The fourth-order valence-corrected chi connectivity index (χ4v) is 2.18. The predicted octanol–water partition coefficient (Wildman–Crippen LogP) is 0.215. The summed E-state index contributed by atoms with van der Waals surface area (Å²) >= 11 is 0. The second-order valence-electron chi connectivity index (χ2n) is 4.05. The molecule has 1 amide bonds. The number of hydrogen-bond acceptors (Lipinski definition) is 4. The van der Waals surface area contributed by atoms with Gasteiger partial charge in [-0.2, -0.15) is 0 Å². The maximum atomic E-state index is 11.5. The number of hydrogen-bond donors (Lipinski definition) is 2. The summed E-state index contributed by atoms with van der Waals surface area (Å²) in [6.45, 7) is 1.94. The molecule has 0 aromatic carbocycles. The largest absolute Gasteiger partial charge is 0.464 e. The van der Waals surface area contributed by atoms with E-state index in [-0.39, 0.29) is 12.5 Å². The van der Waals surface area contributed by atoms with E-state index in [9.17, 15) is 14.7 Å². The Hall–Kier alpha value is -1.10. The summed E-state index contributed by atoms with van der Waals surface area (Å²) in [5.74, 6) is -0.476. The zero-order valence-corrected chi connectivity index (χ0v) is 9.52. The van der Waals surface area contributed by atoms with Crippen molar-refractivity contribution < 1.29 is 19.4 Å². The van der Waals surface area contributed by atoms with Crippen LogP contribution in [-0.4, -0.2) is 36.2 Å². The third-order valence-electron chi connectivity index (χ3n) is 3.01. The molecule has 1 saturated carbocycles. The quantitative estimate of drug-likeness (QED) is 0.504. The van der Waals surface area contributed by atoms with Crippen molar-refractivity contribution in [3.8, 4) is 0 Å². The van der Waals surface area contributed by atoms with Crippen LogP contribution < -0.4 is 5.32 Å². The van der Waals surface area contributed by atoms with Crippen molar-refractivity contribution >= 4 is 12.4 Å². The summed E-state index contributed by atoms with van der Waals surface area (Å²) in [4.78, 5) is 21.9. The lowest BCUT2D eigenvalue weighted by Gasteiger charge is -2.25. The third-order valence-corrected chi connectivity index (χ3v) is 3.01. The Balaban J connectivity index is 2.59. The molecule has 2 atom stereocenters. The average Bonchev–Trinajstić information content (AvgIpc) is 2.78. The number of carbonyl (C=O) groups excluding carboxylic acids is 2. The zero-order valence-electron chi connectivity index (χ0n) is 9.52. The fraction of sp³-hybridized carbons (Fsp3) is 0.818. The van der Waals surface area contributed by atoms with E-state index in [0.717, 1.165) is 25.7 Å². The molecule has 0 aromatic heterocycles. The van der Waals surface area contributed by atoms with E-state index in [1.165, 1.54) is 0 Å². The van der Waals surface area contributed by atoms with Gasteiger partial charge < -0.3 is 15.2 Å². The first-order valence-electron chi connectivity index (χ1n) is 5.75. The minimum absolute atomic E-state index is 0.0851. The van der Waals surface area contributed by atoms with Gasteiger partial charge in [-0.05, 0) is 25.7 Å². The van der Waals surface area contributed by atoms with Crippen LogP contribution in [0.3, 0.4) is 0 Å². The minimum Gasteiger partial charge on any atom is -0.464 e. The molecule has 1 fully saturated rings. The van der Waals surface area contributed by atoms with Gasteiger partial charge in [0.2, 0.25) is 6.41 Å². The van der Waals surface area contributed by atoms with Crippen LogP contribution in [0.15, 0.2) is 0 Å². The summed E-state index contributed by atoms with van der Waals surface area (Å²) < 4.78 is 4.82. The molecule has 2 unspecified atom stereocenters. The first kappa shape index (κ1) is 13.0. The van der Waals surface area contributed by atoms with Crippen LogP contribution in [0.2, 0.25) is 0 Å². The Bertz CT molecular complexity index is 238. The van der Waals surface area contributed by atoms with Gasteiger partial charge in [0.15, 0.2) is 6.04 Å². The van der Waals surface area contributed by atoms with Crippen molar-refractivity contribution in [3.63, 3.8) is 0 Å². The normalized spacial score (nSPS) is 20.1. The smallest absolute Gasteiger partial charge is 0.331 e. The van der Waals surface area contributed by atoms with Gasteiger partial charge in [0.1, 0.15) is 0 Å². The van der Waals surface area contributed by atoms with Gasteiger partial charge in [-0.25, -0.2) is 4.79 Å². The maximum Gasteiger partial charge on any atom is 0.331 e. The van der Waals surface area contributed by atoms with Gasteiger partial charge in [-0.1, -0.05) is 12.8 Å². The minimum atomic E-state index is -0.930. The number of carbonyl (C=O) groups is 2. The van der Waals surface area contributed by atoms with Crippen LogP contribution in [-0.2, 0) is 14.3 Å². The molecule has 5 nitrogen and oxygen atoms in total. The Kier molecular flexibility index (Phi) is 5.25. The van der Waals surface area contributed by atoms with Crippen molar-refractivity contribution in [3.05, 3.63) is 0 Å². The van der Waals surface area contributed by atoms with Crippen LogP contribution in [0, 0.1) is 5.92 Å². The number of ether oxygens (including phenoxy) is 1. The molecular weight excluding hydrogens is 210 g/mol. The number of esters is 1. The van der Waals surface area contributed by atoms with Crippen molar-refractivity contribution in [2.45, 2.75) is 44.8 Å². The van der Waals surface area contributed by atoms with E-state index in [2.05, 4.69) is 5.32 Å². The third kappa shape index (κ3) is 3.20. The molecule has 0 bridgehead atoms. The number of rotatable bonds is 6. The molecular formula is C11H19NO4. The van der Waals surface area contributed by atoms with Crippen molar-refractivity contribution in [1.82, 2.24) is 5.32 Å². The van der Waals surface area contributed by atoms with Crippen molar-refractivity contribution in [1.29, 1.82) is 0 Å². The number of aliphatic hydroxyl groups is 1. The summed E-state index contributed by atoms with van der Waals surface area (Å²) in [6, 6.07) is -0.930. The summed E-state index contributed by atoms with van der Waals surface area (Å²) in [7, 11) is 0. The maximum absolute atomic E-state index is 11.5. The Labute approximate surface area is 95.2 Å². The van der Waals surface area contributed by atoms with Crippen LogP contribution in [0.25, 0.3) is 0 Å². The highest BCUT2D eigenvalue weighted by atomic mass is 16.5. The predicted molar refractivity (Wildman–Crippen MR) is 57.6 cm³/mol. The molecule has 16 heavy (non-hydrogen) atoms. The lowest BCUT2D eigenvalue weighted by atomic mass is 9.95. The average molecular weight is 229 g/mol. The first-order chi connectivity index (χ1) is 7.70. The number of nitrogens with one attached hydrogen (secondary N) is 1. The van der Waals surface area contributed by atoms with E-state index in [4.69, 9.17) is 4.74 Å². The highest BCUT2D eigenvalue weighted by molar-refractivity contribution is 5.79. The molecule has 0 heterocycles. The SMILES string of the molecule is CCOC(=O)C(NC=O)C(O)C1CCCC1. The van der Waals surface area contributed by atoms with Crippen LogP contribution in [0.1, 0.15) is 32.6 Å². The highest BCUT2D eigenvalue weighted by Crippen LogP contribution is 2.29.